The second-order valence-electron chi connectivity index (χ2n) is 3.44. The van der Waals surface area contributed by atoms with Gasteiger partial charge in [-0.25, -0.2) is 5.06 Å². The third-order valence-electron chi connectivity index (χ3n) is 2.14. The predicted molar refractivity (Wildman–Crippen MR) is 67.9 cm³/mol. The zero-order valence-corrected chi connectivity index (χ0v) is 11.6. The Bertz CT molecular complexity index is 397. The van der Waals surface area contributed by atoms with Crippen molar-refractivity contribution in [3.05, 3.63) is 35.9 Å². The van der Waals surface area contributed by atoms with Crippen molar-refractivity contribution in [1.82, 2.24) is 5.06 Å². The van der Waals surface area contributed by atoms with Gasteiger partial charge >= 0.3 is 12.1 Å². The van der Waals surface area contributed by atoms with E-state index in [1.807, 2.05) is 0 Å². The molecule has 1 aromatic rings. The second kappa shape index (κ2) is 6.37. The minimum atomic E-state index is -4.93. The van der Waals surface area contributed by atoms with Crippen molar-refractivity contribution >= 4 is 28.5 Å². The van der Waals surface area contributed by atoms with Gasteiger partial charge in [-0.05, 0) is 5.56 Å². The van der Waals surface area contributed by atoms with E-state index in [9.17, 15) is 18.0 Å². The van der Waals surface area contributed by atoms with E-state index in [0.29, 0.717) is 5.06 Å². The molecule has 1 atom stereocenters. The second-order valence-corrected chi connectivity index (χ2v) is 4.87. The molecule has 0 fully saturated rings. The Morgan fingerprint density at radius 1 is 1.39 bits per heavy atom. The first-order chi connectivity index (χ1) is 8.36. The maximum Gasteiger partial charge on any atom is 0.473 e. The molecule has 0 saturated carbocycles. The van der Waals surface area contributed by atoms with E-state index in [2.05, 4.69) is 4.84 Å². The van der Waals surface area contributed by atoms with Gasteiger partial charge in [-0.2, -0.15) is 13.2 Å². The highest BCUT2D eigenvalue weighted by atomic mass is 127. The van der Waals surface area contributed by atoms with Crippen molar-refractivity contribution in [3.63, 3.8) is 0 Å². The molecule has 0 aliphatic carbocycles. The first-order valence-corrected chi connectivity index (χ1v) is 6.23. The number of hydrogen-bond donors (Lipinski definition) is 0. The molecule has 100 valence electrons. The van der Waals surface area contributed by atoms with Gasteiger partial charge in [0.15, 0.2) is 0 Å². The maximum atomic E-state index is 12.3. The zero-order valence-electron chi connectivity index (χ0n) is 9.45. The lowest BCUT2D eigenvalue weighted by Crippen LogP contribution is -2.44. The summed E-state index contributed by atoms with van der Waals surface area (Å²) in [6.45, 7) is 0. The van der Waals surface area contributed by atoms with E-state index in [0.717, 1.165) is 12.7 Å². The van der Waals surface area contributed by atoms with Gasteiger partial charge in [-0.1, -0.05) is 52.9 Å². The summed E-state index contributed by atoms with van der Waals surface area (Å²) < 4.78 is 36.2. The third-order valence-corrected chi connectivity index (χ3v) is 3.09. The largest absolute Gasteiger partial charge is 0.473 e. The molecule has 1 aromatic carbocycles. The molecule has 0 saturated heterocycles. The molecular formula is C11H11F3INO2. The molecule has 0 radical (unpaired) electrons. The number of rotatable bonds is 4. The van der Waals surface area contributed by atoms with Crippen molar-refractivity contribution in [2.45, 2.75) is 16.6 Å². The van der Waals surface area contributed by atoms with Crippen LogP contribution in [0.2, 0.25) is 0 Å². The van der Waals surface area contributed by atoms with Crippen molar-refractivity contribution in [1.29, 1.82) is 0 Å². The number of hydroxylamine groups is 2. The molecule has 0 heterocycles. The molecule has 0 aliphatic heterocycles. The summed E-state index contributed by atoms with van der Waals surface area (Å²) in [4.78, 5) is 15.6. The van der Waals surface area contributed by atoms with Crippen LogP contribution in [0.25, 0.3) is 0 Å². The van der Waals surface area contributed by atoms with Crippen LogP contribution in [0.5, 0.6) is 0 Å². The highest BCUT2D eigenvalue weighted by Crippen LogP contribution is 2.23. The average molecular weight is 373 g/mol. The summed E-state index contributed by atoms with van der Waals surface area (Å²) in [5, 5.41) is 0.341. The van der Waals surface area contributed by atoms with Gasteiger partial charge in [-0.3, -0.25) is 9.63 Å². The predicted octanol–water partition coefficient (Wildman–Crippen LogP) is 2.94. The van der Waals surface area contributed by atoms with Crippen molar-refractivity contribution in [2.24, 2.45) is 0 Å². The molecule has 0 unspecified atom stereocenters. The lowest BCUT2D eigenvalue weighted by Gasteiger charge is -2.25. The molecule has 0 aromatic heterocycles. The summed E-state index contributed by atoms with van der Waals surface area (Å²) in [7, 11) is 1.04. The molecule has 1 amide bonds. The fraction of sp³-hybridized carbons (Fsp3) is 0.364. The first-order valence-electron chi connectivity index (χ1n) is 4.98. The Morgan fingerprint density at radius 2 is 1.94 bits per heavy atom. The number of halogens is 4. The van der Waals surface area contributed by atoms with Gasteiger partial charge < -0.3 is 0 Å². The van der Waals surface area contributed by atoms with Crippen LogP contribution in [0.3, 0.4) is 0 Å². The number of hydrogen-bond acceptors (Lipinski definition) is 2. The number of benzene rings is 1. The minimum absolute atomic E-state index is 0.275. The molecule has 0 spiro atoms. The van der Waals surface area contributed by atoms with Crippen LogP contribution in [0.1, 0.15) is 5.56 Å². The molecule has 0 N–H and O–H groups in total. The van der Waals surface area contributed by atoms with E-state index in [1.54, 1.807) is 52.9 Å². The lowest BCUT2D eigenvalue weighted by molar-refractivity contribution is -0.224. The Morgan fingerprint density at radius 3 is 2.39 bits per heavy atom. The summed E-state index contributed by atoms with van der Waals surface area (Å²) in [6.07, 6.45) is -4.66. The minimum Gasteiger partial charge on any atom is -0.273 e. The molecule has 1 rings (SSSR count). The van der Waals surface area contributed by atoms with Crippen LogP contribution in [0.15, 0.2) is 30.3 Å². The van der Waals surface area contributed by atoms with Gasteiger partial charge in [0.2, 0.25) is 0 Å². The molecule has 0 bridgehead atoms. The van der Waals surface area contributed by atoms with Crippen molar-refractivity contribution in [3.8, 4) is 0 Å². The molecular weight excluding hydrogens is 362 g/mol. The van der Waals surface area contributed by atoms with Crippen LogP contribution in [-0.2, 0) is 16.1 Å². The summed E-state index contributed by atoms with van der Waals surface area (Å²) >= 11 is 1.74. The highest BCUT2D eigenvalue weighted by molar-refractivity contribution is 14.1. The van der Waals surface area contributed by atoms with E-state index < -0.39 is 16.1 Å². The third kappa shape index (κ3) is 4.13. The normalized spacial score (nSPS) is 13.2. The van der Waals surface area contributed by atoms with Crippen LogP contribution in [0, 0.1) is 0 Å². The van der Waals surface area contributed by atoms with E-state index in [1.165, 1.54) is 0 Å². The zero-order chi connectivity index (χ0) is 13.8. The van der Waals surface area contributed by atoms with Crippen LogP contribution in [-0.4, -0.2) is 28.3 Å². The Balaban J connectivity index is 2.75. The SMILES string of the molecule is CON(C(=O)C(F)(F)F)[C@@H](I)Cc1ccccc1. The number of carbonyl (C=O) groups is 1. The van der Waals surface area contributed by atoms with Crippen LogP contribution < -0.4 is 0 Å². The molecule has 3 nitrogen and oxygen atoms in total. The molecule has 18 heavy (non-hydrogen) atoms. The Labute approximate surface area is 116 Å². The van der Waals surface area contributed by atoms with E-state index in [4.69, 9.17) is 0 Å². The number of nitrogens with zero attached hydrogens (tertiary/aromatic N) is 1. The number of amides is 1. The Kier molecular flexibility index (Phi) is 5.39. The van der Waals surface area contributed by atoms with Gasteiger partial charge in [0.05, 0.1) is 7.11 Å². The van der Waals surface area contributed by atoms with Gasteiger partial charge in [0.1, 0.15) is 4.05 Å². The average Bonchev–Trinajstić information content (AvgIpc) is 2.29. The fourth-order valence-electron chi connectivity index (χ4n) is 1.34. The highest BCUT2D eigenvalue weighted by Gasteiger charge is 2.45. The van der Waals surface area contributed by atoms with E-state index >= 15 is 0 Å². The van der Waals surface area contributed by atoms with Crippen molar-refractivity contribution in [2.75, 3.05) is 7.11 Å². The lowest BCUT2D eigenvalue weighted by atomic mass is 10.1. The van der Waals surface area contributed by atoms with Gasteiger partial charge in [0, 0.05) is 6.42 Å². The van der Waals surface area contributed by atoms with E-state index in [-0.39, 0.29) is 6.42 Å². The van der Waals surface area contributed by atoms with Gasteiger partial charge in [-0.15, -0.1) is 0 Å². The quantitative estimate of drug-likeness (QED) is 0.352. The standard InChI is InChI=1S/C11H11F3INO2/c1-18-16(10(17)11(12,13)14)9(15)7-8-5-3-2-4-6-8/h2-6,9H,7H2,1H3/t9-/m1/s1. The summed E-state index contributed by atoms with van der Waals surface area (Å²) in [5.41, 5.74) is 0.828. The smallest absolute Gasteiger partial charge is 0.273 e. The summed E-state index contributed by atoms with van der Waals surface area (Å²) in [6, 6.07) is 8.92. The first kappa shape index (κ1) is 15.2. The number of carbonyl (C=O) groups excluding carboxylic acids is 1. The number of alkyl halides is 4. The van der Waals surface area contributed by atoms with Crippen LogP contribution >= 0.6 is 22.6 Å². The van der Waals surface area contributed by atoms with Gasteiger partial charge in [0.25, 0.3) is 0 Å². The maximum absolute atomic E-state index is 12.3. The van der Waals surface area contributed by atoms with Crippen LogP contribution in [0.4, 0.5) is 13.2 Å². The molecule has 7 heteroatoms. The topological polar surface area (TPSA) is 29.5 Å². The summed E-state index contributed by atoms with van der Waals surface area (Å²) in [5.74, 6) is -2.00. The molecule has 0 aliphatic rings. The van der Waals surface area contributed by atoms with Crippen molar-refractivity contribution < 1.29 is 22.8 Å². The monoisotopic (exact) mass is 373 g/mol. The Hall–Kier alpha value is -0.830. The fourth-order valence-corrected chi connectivity index (χ4v) is 2.33.